The zero-order chi connectivity index (χ0) is 12.3. The average Bonchev–Trinajstić information content (AvgIpc) is 2.20. The first kappa shape index (κ1) is 15.1. The van der Waals surface area contributed by atoms with Crippen LogP contribution in [0.4, 0.5) is 0 Å². The van der Waals surface area contributed by atoms with Crippen LogP contribution in [0, 0.1) is 11.8 Å². The van der Waals surface area contributed by atoms with Gasteiger partial charge in [-0.25, -0.2) is 0 Å². The molecule has 0 rings (SSSR count). The first-order valence-corrected chi connectivity index (χ1v) is 7.20. The molecule has 0 radical (unpaired) electrons. The third kappa shape index (κ3) is 2.28. The zero-order valence-corrected chi connectivity index (χ0v) is 12.4. The molecule has 0 aromatic rings. The molecule has 0 bridgehead atoms. The lowest BCUT2D eigenvalue weighted by Gasteiger charge is -2.46. The quantitative estimate of drug-likeness (QED) is 0.661. The fourth-order valence-electron chi connectivity index (χ4n) is 2.28. The molecule has 0 saturated carbocycles. The molecule has 15 heavy (non-hydrogen) atoms. The van der Waals surface area contributed by atoms with E-state index in [1.54, 1.807) is 21.3 Å². The Morgan fingerprint density at radius 3 is 1.13 bits per heavy atom. The fourth-order valence-corrected chi connectivity index (χ4v) is 5.52. The van der Waals surface area contributed by atoms with Gasteiger partial charge in [0.15, 0.2) is 0 Å². The summed E-state index contributed by atoms with van der Waals surface area (Å²) in [6.45, 7) is 11.0. The minimum atomic E-state index is -2.60. The van der Waals surface area contributed by atoms with Crippen molar-refractivity contribution < 1.29 is 13.3 Å². The van der Waals surface area contributed by atoms with Crippen molar-refractivity contribution in [3.05, 3.63) is 0 Å². The summed E-state index contributed by atoms with van der Waals surface area (Å²) in [6, 6.07) is 0. The molecule has 0 saturated heterocycles. The van der Waals surface area contributed by atoms with E-state index in [1.807, 2.05) is 0 Å². The predicted molar refractivity (Wildman–Crippen MR) is 64.8 cm³/mol. The Balaban J connectivity index is 5.37. The monoisotopic (exact) mass is 234 g/mol. The molecule has 0 fully saturated rings. The van der Waals surface area contributed by atoms with E-state index in [1.165, 1.54) is 0 Å². The molecule has 0 amide bonds. The van der Waals surface area contributed by atoms with Crippen molar-refractivity contribution in [2.75, 3.05) is 21.3 Å². The van der Waals surface area contributed by atoms with Crippen LogP contribution in [-0.2, 0) is 13.3 Å². The van der Waals surface area contributed by atoms with Gasteiger partial charge in [-0.1, -0.05) is 34.6 Å². The van der Waals surface area contributed by atoms with Gasteiger partial charge in [-0.2, -0.15) is 0 Å². The maximum absolute atomic E-state index is 5.62. The highest BCUT2D eigenvalue weighted by Crippen LogP contribution is 2.51. The SMILES string of the molecule is CO[Si](OC)(OC)C(C)(C(C)C)C(C)C. The molecule has 0 unspecified atom stereocenters. The van der Waals surface area contributed by atoms with Crippen molar-refractivity contribution in [3.63, 3.8) is 0 Å². The van der Waals surface area contributed by atoms with Crippen molar-refractivity contribution in [1.29, 1.82) is 0 Å². The lowest BCUT2D eigenvalue weighted by molar-refractivity contribution is 0.0645. The van der Waals surface area contributed by atoms with Crippen LogP contribution in [0.1, 0.15) is 34.6 Å². The van der Waals surface area contributed by atoms with Gasteiger partial charge in [0.1, 0.15) is 0 Å². The topological polar surface area (TPSA) is 27.7 Å². The third-order valence-corrected chi connectivity index (χ3v) is 7.95. The van der Waals surface area contributed by atoms with Gasteiger partial charge < -0.3 is 13.3 Å². The molecule has 0 atom stereocenters. The highest BCUT2D eigenvalue weighted by molar-refractivity contribution is 6.64. The Labute approximate surface area is 95.5 Å². The Kier molecular flexibility index (Phi) is 5.47. The Hall–Kier alpha value is 0.0969. The molecule has 0 heterocycles. The standard InChI is InChI=1S/C11H26O3Si/c1-9(2)11(5,10(3)4)15(12-6,13-7)14-8/h9-10H,1-8H3. The van der Waals surface area contributed by atoms with E-state index in [0.29, 0.717) is 11.8 Å². The molecule has 92 valence electrons. The summed E-state index contributed by atoms with van der Waals surface area (Å²) in [5.74, 6) is 0.896. The molecule has 0 aliphatic heterocycles. The Morgan fingerprint density at radius 2 is 1.07 bits per heavy atom. The van der Waals surface area contributed by atoms with Crippen molar-refractivity contribution >= 4 is 8.80 Å². The first-order valence-electron chi connectivity index (χ1n) is 5.47. The van der Waals surface area contributed by atoms with Crippen LogP contribution in [0.25, 0.3) is 0 Å². The maximum atomic E-state index is 5.62. The van der Waals surface area contributed by atoms with Gasteiger partial charge in [0.2, 0.25) is 0 Å². The largest absolute Gasteiger partial charge is 0.506 e. The Bertz CT molecular complexity index is 172. The van der Waals surface area contributed by atoms with E-state index in [9.17, 15) is 0 Å². The second-order valence-electron chi connectivity index (χ2n) is 4.76. The molecule has 3 nitrogen and oxygen atoms in total. The molecular formula is C11H26O3Si. The van der Waals surface area contributed by atoms with Gasteiger partial charge in [-0.3, -0.25) is 0 Å². The van der Waals surface area contributed by atoms with Gasteiger partial charge in [0.05, 0.1) is 0 Å². The van der Waals surface area contributed by atoms with Crippen molar-refractivity contribution in [2.24, 2.45) is 11.8 Å². The van der Waals surface area contributed by atoms with Gasteiger partial charge >= 0.3 is 8.80 Å². The van der Waals surface area contributed by atoms with Crippen LogP contribution in [0.2, 0.25) is 5.04 Å². The van der Waals surface area contributed by atoms with E-state index in [0.717, 1.165) is 0 Å². The van der Waals surface area contributed by atoms with E-state index < -0.39 is 8.80 Å². The second-order valence-corrected chi connectivity index (χ2v) is 8.18. The number of hydrogen-bond acceptors (Lipinski definition) is 3. The summed E-state index contributed by atoms with van der Waals surface area (Å²) in [7, 11) is 2.45. The van der Waals surface area contributed by atoms with E-state index in [4.69, 9.17) is 13.3 Å². The lowest BCUT2D eigenvalue weighted by Crippen LogP contribution is -2.57. The molecule has 0 aromatic carbocycles. The first-order chi connectivity index (χ1) is 6.82. The summed E-state index contributed by atoms with van der Waals surface area (Å²) in [5.41, 5.74) is 0. The zero-order valence-electron chi connectivity index (χ0n) is 11.4. The predicted octanol–water partition coefficient (Wildman–Crippen LogP) is 2.94. The van der Waals surface area contributed by atoms with Crippen LogP contribution in [0.3, 0.4) is 0 Å². The van der Waals surface area contributed by atoms with Gasteiger partial charge in [-0.15, -0.1) is 0 Å². The Morgan fingerprint density at radius 1 is 0.800 bits per heavy atom. The minimum absolute atomic E-state index is 0.0642. The van der Waals surface area contributed by atoms with Crippen LogP contribution in [0.5, 0.6) is 0 Å². The van der Waals surface area contributed by atoms with E-state index in [-0.39, 0.29) is 5.04 Å². The summed E-state index contributed by atoms with van der Waals surface area (Å²) in [4.78, 5) is 0. The molecule has 0 aliphatic rings. The fraction of sp³-hybridized carbons (Fsp3) is 1.00. The molecule has 0 N–H and O–H groups in total. The summed E-state index contributed by atoms with van der Waals surface area (Å²) >= 11 is 0. The highest BCUT2D eigenvalue weighted by atomic mass is 28.4. The average molecular weight is 234 g/mol. The van der Waals surface area contributed by atoms with E-state index >= 15 is 0 Å². The van der Waals surface area contributed by atoms with Gasteiger partial charge in [0.25, 0.3) is 0 Å². The maximum Gasteiger partial charge on any atom is 0.506 e. The van der Waals surface area contributed by atoms with E-state index in [2.05, 4.69) is 34.6 Å². The van der Waals surface area contributed by atoms with Crippen molar-refractivity contribution in [1.82, 2.24) is 0 Å². The molecule has 0 spiro atoms. The summed E-state index contributed by atoms with van der Waals surface area (Å²) in [5, 5.41) is -0.0642. The number of hydrogen-bond donors (Lipinski definition) is 0. The van der Waals surface area contributed by atoms with Crippen LogP contribution in [0.15, 0.2) is 0 Å². The minimum Gasteiger partial charge on any atom is -0.376 e. The smallest absolute Gasteiger partial charge is 0.376 e. The van der Waals surface area contributed by atoms with Crippen LogP contribution in [-0.4, -0.2) is 30.1 Å². The van der Waals surface area contributed by atoms with Crippen LogP contribution >= 0.6 is 0 Å². The second kappa shape index (κ2) is 5.43. The highest BCUT2D eigenvalue weighted by Gasteiger charge is 2.59. The summed E-state index contributed by atoms with van der Waals surface area (Å²) in [6.07, 6.45) is 0. The molecule has 0 aromatic heterocycles. The number of rotatable bonds is 6. The van der Waals surface area contributed by atoms with Crippen LogP contribution < -0.4 is 0 Å². The van der Waals surface area contributed by atoms with Gasteiger partial charge in [0, 0.05) is 26.4 Å². The lowest BCUT2D eigenvalue weighted by atomic mass is 9.86. The normalized spacial score (nSPS) is 14.0. The third-order valence-electron chi connectivity index (χ3n) is 3.86. The molecular weight excluding hydrogens is 208 g/mol. The summed E-state index contributed by atoms with van der Waals surface area (Å²) < 4.78 is 16.9. The van der Waals surface area contributed by atoms with Crippen molar-refractivity contribution in [2.45, 2.75) is 39.7 Å². The molecule has 4 heteroatoms. The van der Waals surface area contributed by atoms with Gasteiger partial charge in [-0.05, 0) is 11.8 Å². The molecule has 0 aliphatic carbocycles. The van der Waals surface area contributed by atoms with Crippen molar-refractivity contribution in [3.8, 4) is 0 Å².